The lowest BCUT2D eigenvalue weighted by molar-refractivity contribution is -0.161. The highest BCUT2D eigenvalue weighted by Gasteiger charge is 2.28. The van der Waals surface area contributed by atoms with Gasteiger partial charge >= 0.3 is 25.7 Å². The molecule has 1 unspecified atom stereocenters. The van der Waals surface area contributed by atoms with E-state index in [2.05, 4.69) is 26.0 Å². The minimum Gasteiger partial charge on any atom is -0.480 e. The predicted octanol–water partition coefficient (Wildman–Crippen LogP) is 15.6. The number of unbranched alkanes of at least 4 members (excludes halogenated alkanes) is 36. The Morgan fingerprint density at radius 2 is 0.769 bits per heavy atom. The van der Waals surface area contributed by atoms with E-state index in [4.69, 9.17) is 29.4 Å². The average Bonchev–Trinajstić information content (AvgIpc) is 3.28. The summed E-state index contributed by atoms with van der Waals surface area (Å²) in [6.45, 7) is 2.86. The van der Waals surface area contributed by atoms with Gasteiger partial charge in [-0.1, -0.05) is 238 Å². The Balaban J connectivity index is 4.17. The molecule has 0 aliphatic rings. The second-order valence-electron chi connectivity index (χ2n) is 18.7. The first-order chi connectivity index (χ1) is 31.6. The van der Waals surface area contributed by atoms with E-state index in [9.17, 15) is 23.8 Å². The third-order valence-corrected chi connectivity index (χ3v) is 13.2. The van der Waals surface area contributed by atoms with E-state index in [-0.39, 0.29) is 19.4 Å². The van der Waals surface area contributed by atoms with Gasteiger partial charge in [-0.05, 0) is 38.5 Å². The average molecular weight is 944 g/mol. The van der Waals surface area contributed by atoms with E-state index in [0.717, 1.165) is 38.5 Å². The minimum atomic E-state index is -4.72. The lowest BCUT2D eigenvalue weighted by Crippen LogP contribution is -2.34. The van der Waals surface area contributed by atoms with Gasteiger partial charge < -0.3 is 25.2 Å². The molecule has 11 nitrogen and oxygen atoms in total. The Morgan fingerprint density at radius 1 is 0.462 bits per heavy atom. The van der Waals surface area contributed by atoms with Crippen molar-refractivity contribution in [3.63, 3.8) is 0 Å². The summed E-state index contributed by atoms with van der Waals surface area (Å²) >= 11 is 0. The van der Waals surface area contributed by atoms with Crippen LogP contribution in [0.2, 0.25) is 0 Å². The zero-order chi connectivity index (χ0) is 47.7. The second kappa shape index (κ2) is 48.7. The standard InChI is InChI=1S/C53H102NO10P/c1-3-5-7-9-11-13-15-17-19-21-23-24-25-27-29-31-33-35-37-39-41-43-45-52(56)64-49(47-62-65(59,60)63-48-50(54)53(57)58)46-61-51(55)44-42-40-38-36-34-32-30-28-26-22-20-18-16-14-12-10-8-6-4-2/h18,20,49-50H,3-17,19,21-48,54H2,1-2H3,(H,57,58)(H,59,60)/b20-18+/t49-,50+/m1/s1. The maximum absolute atomic E-state index is 12.7. The van der Waals surface area contributed by atoms with Crippen LogP contribution in [0.25, 0.3) is 0 Å². The van der Waals surface area contributed by atoms with Crippen molar-refractivity contribution >= 4 is 25.7 Å². The van der Waals surface area contributed by atoms with Gasteiger partial charge in [0.2, 0.25) is 0 Å². The largest absolute Gasteiger partial charge is 0.480 e. The summed E-state index contributed by atoms with van der Waals surface area (Å²) < 4.78 is 32.9. The van der Waals surface area contributed by atoms with Crippen LogP contribution in [0.4, 0.5) is 0 Å². The lowest BCUT2D eigenvalue weighted by atomic mass is 10.0. The number of esters is 2. The number of hydrogen-bond acceptors (Lipinski definition) is 9. The Labute approximate surface area is 398 Å². The SMILES string of the molecule is CCCCCCCC/C=C/CCCCCCCCCCCC(=O)OC[C@H](COP(=O)(O)OC[C@H](N)C(=O)O)OC(=O)CCCCCCCCCCCCCCCCCCCCCCCC. The van der Waals surface area contributed by atoms with Crippen LogP contribution in [0, 0.1) is 0 Å². The number of allylic oxidation sites excluding steroid dienone is 2. The van der Waals surface area contributed by atoms with E-state index in [1.807, 2.05) is 0 Å². The zero-order valence-corrected chi connectivity index (χ0v) is 43.0. The molecule has 0 radical (unpaired) electrons. The highest BCUT2D eigenvalue weighted by Crippen LogP contribution is 2.43. The molecule has 0 saturated heterocycles. The van der Waals surface area contributed by atoms with Gasteiger partial charge in [-0.15, -0.1) is 0 Å². The molecule has 0 fully saturated rings. The highest BCUT2D eigenvalue weighted by molar-refractivity contribution is 7.47. The fourth-order valence-electron chi connectivity index (χ4n) is 8.00. The molecule has 12 heteroatoms. The number of aliphatic carboxylic acids is 1. The minimum absolute atomic E-state index is 0.168. The summed E-state index contributed by atoms with van der Waals surface area (Å²) in [7, 11) is -4.72. The van der Waals surface area contributed by atoms with Gasteiger partial charge in [-0.3, -0.25) is 23.4 Å². The van der Waals surface area contributed by atoms with Crippen LogP contribution in [0.1, 0.15) is 277 Å². The summed E-state index contributed by atoms with van der Waals surface area (Å²) in [5, 5.41) is 8.93. The molecule has 3 atom stereocenters. The molecule has 0 rings (SSSR count). The highest BCUT2D eigenvalue weighted by atomic mass is 31.2. The lowest BCUT2D eigenvalue weighted by Gasteiger charge is -2.20. The molecule has 0 aromatic carbocycles. The number of carboxylic acid groups (broad SMARTS) is 1. The van der Waals surface area contributed by atoms with Gasteiger partial charge in [0, 0.05) is 12.8 Å². The maximum Gasteiger partial charge on any atom is 0.472 e. The van der Waals surface area contributed by atoms with Crippen molar-refractivity contribution in [1.82, 2.24) is 0 Å². The Kier molecular flexibility index (Phi) is 47.3. The monoisotopic (exact) mass is 944 g/mol. The first-order valence-electron chi connectivity index (χ1n) is 27.2. The van der Waals surface area contributed by atoms with E-state index >= 15 is 0 Å². The van der Waals surface area contributed by atoms with E-state index < -0.39 is 51.1 Å². The third kappa shape index (κ3) is 48.5. The molecular formula is C53H102NO10P. The topological polar surface area (TPSA) is 172 Å². The molecular weight excluding hydrogens is 842 g/mol. The quantitative estimate of drug-likeness (QED) is 0.0229. The number of carbonyl (C=O) groups is 3. The van der Waals surface area contributed by atoms with Crippen LogP contribution >= 0.6 is 7.82 Å². The van der Waals surface area contributed by atoms with Crippen molar-refractivity contribution in [3.8, 4) is 0 Å². The van der Waals surface area contributed by atoms with Crippen molar-refractivity contribution in [2.75, 3.05) is 19.8 Å². The van der Waals surface area contributed by atoms with Crippen LogP contribution in [-0.2, 0) is 37.5 Å². The number of carboxylic acids is 1. The molecule has 0 aromatic rings. The van der Waals surface area contributed by atoms with Gasteiger partial charge in [0.05, 0.1) is 13.2 Å². The molecule has 65 heavy (non-hydrogen) atoms. The van der Waals surface area contributed by atoms with Crippen molar-refractivity contribution < 1.29 is 47.5 Å². The molecule has 0 aromatic heterocycles. The van der Waals surface area contributed by atoms with Crippen LogP contribution in [0.15, 0.2) is 12.2 Å². The summed E-state index contributed by atoms with van der Waals surface area (Å²) in [5.41, 5.74) is 5.36. The van der Waals surface area contributed by atoms with Crippen LogP contribution in [-0.4, -0.2) is 59.9 Å². The molecule has 4 N–H and O–H groups in total. The predicted molar refractivity (Wildman–Crippen MR) is 268 cm³/mol. The van der Waals surface area contributed by atoms with Crippen LogP contribution in [0.5, 0.6) is 0 Å². The first-order valence-corrected chi connectivity index (χ1v) is 28.7. The fraction of sp³-hybridized carbons (Fsp3) is 0.906. The fourth-order valence-corrected chi connectivity index (χ4v) is 8.78. The molecule has 0 bridgehead atoms. The van der Waals surface area contributed by atoms with Crippen molar-refractivity contribution in [2.24, 2.45) is 5.73 Å². The Hall–Kier alpha value is -1.78. The van der Waals surface area contributed by atoms with Gasteiger partial charge in [-0.2, -0.15) is 0 Å². The van der Waals surface area contributed by atoms with Gasteiger partial charge in [0.1, 0.15) is 12.6 Å². The number of carbonyl (C=O) groups excluding carboxylic acids is 2. The number of phosphoric acid groups is 1. The normalized spacial score (nSPS) is 13.5. The molecule has 0 heterocycles. The van der Waals surface area contributed by atoms with E-state index in [0.29, 0.717) is 12.8 Å². The maximum atomic E-state index is 12.7. The number of rotatable bonds is 52. The van der Waals surface area contributed by atoms with Gasteiger partial charge in [0.25, 0.3) is 0 Å². The molecule has 0 saturated carbocycles. The van der Waals surface area contributed by atoms with Crippen LogP contribution < -0.4 is 5.73 Å². The van der Waals surface area contributed by atoms with E-state index in [1.165, 1.54) is 199 Å². The summed E-state index contributed by atoms with van der Waals surface area (Å²) in [6.07, 6.45) is 52.8. The van der Waals surface area contributed by atoms with Gasteiger partial charge in [-0.25, -0.2) is 4.57 Å². The zero-order valence-electron chi connectivity index (χ0n) is 42.1. The number of nitrogens with two attached hydrogens (primary N) is 1. The van der Waals surface area contributed by atoms with Crippen molar-refractivity contribution in [2.45, 2.75) is 289 Å². The number of phosphoric ester groups is 1. The van der Waals surface area contributed by atoms with Crippen LogP contribution in [0.3, 0.4) is 0 Å². The summed E-state index contributed by atoms with van der Waals surface area (Å²) in [6, 6.07) is -1.52. The summed E-state index contributed by atoms with van der Waals surface area (Å²) in [5.74, 6) is -2.36. The second-order valence-corrected chi connectivity index (χ2v) is 20.2. The number of ether oxygens (including phenoxy) is 2. The molecule has 0 amide bonds. The van der Waals surface area contributed by atoms with Crippen molar-refractivity contribution in [1.29, 1.82) is 0 Å². The number of hydrogen-bond donors (Lipinski definition) is 3. The molecule has 0 aliphatic carbocycles. The Bertz CT molecular complexity index is 1150. The first kappa shape index (κ1) is 63.2. The third-order valence-electron chi connectivity index (χ3n) is 12.3. The van der Waals surface area contributed by atoms with E-state index in [1.54, 1.807) is 0 Å². The Morgan fingerprint density at radius 3 is 1.12 bits per heavy atom. The van der Waals surface area contributed by atoms with Gasteiger partial charge in [0.15, 0.2) is 6.10 Å². The molecule has 0 aliphatic heterocycles. The summed E-state index contributed by atoms with van der Waals surface area (Å²) in [4.78, 5) is 46.2. The molecule has 384 valence electrons. The van der Waals surface area contributed by atoms with Crippen molar-refractivity contribution in [3.05, 3.63) is 12.2 Å². The molecule has 0 spiro atoms. The smallest absolute Gasteiger partial charge is 0.472 e.